The minimum atomic E-state index is 0.321. The van der Waals surface area contributed by atoms with Gasteiger partial charge in [0.05, 0.1) is 13.2 Å². The molecule has 2 rings (SSSR count). The molecule has 0 radical (unpaired) electrons. The summed E-state index contributed by atoms with van der Waals surface area (Å²) in [6.07, 6.45) is 5.15. The molecular formula is C14H19ClOS. The number of rotatable bonds is 5. The molecule has 1 aliphatic rings. The first-order valence-electron chi connectivity index (χ1n) is 6.17. The molecule has 1 fully saturated rings. The van der Waals surface area contributed by atoms with E-state index < -0.39 is 0 Å². The topological polar surface area (TPSA) is 9.23 Å². The number of halogens is 1. The van der Waals surface area contributed by atoms with Gasteiger partial charge in [-0.25, -0.2) is 0 Å². The first kappa shape index (κ1) is 13.3. The highest BCUT2D eigenvalue weighted by Gasteiger charge is 2.32. The van der Waals surface area contributed by atoms with Gasteiger partial charge in [0, 0.05) is 10.4 Å². The monoisotopic (exact) mass is 270 g/mol. The second kappa shape index (κ2) is 6.12. The summed E-state index contributed by atoms with van der Waals surface area (Å²) in [5.74, 6) is 0.933. The van der Waals surface area contributed by atoms with Gasteiger partial charge in [-0.05, 0) is 36.3 Å². The molecule has 1 nitrogen and oxygen atoms in total. The molecule has 1 aromatic rings. The maximum Gasteiger partial charge on any atom is 0.0717 e. The van der Waals surface area contributed by atoms with Crippen molar-refractivity contribution in [3.05, 3.63) is 34.9 Å². The lowest BCUT2D eigenvalue weighted by Crippen LogP contribution is -2.25. The van der Waals surface area contributed by atoms with Crippen molar-refractivity contribution in [1.29, 1.82) is 0 Å². The Hall–Kier alpha value is -0.180. The Bertz CT molecular complexity index is 361. The van der Waals surface area contributed by atoms with Crippen LogP contribution in [0.4, 0.5) is 0 Å². The molecule has 0 N–H and O–H groups in total. The Balaban J connectivity index is 1.82. The van der Waals surface area contributed by atoms with Crippen LogP contribution in [-0.4, -0.2) is 12.4 Å². The molecule has 0 atom stereocenters. The summed E-state index contributed by atoms with van der Waals surface area (Å²) in [6.45, 7) is 1.47. The Morgan fingerprint density at radius 3 is 2.71 bits per heavy atom. The normalized spacial score (nSPS) is 18.5. The van der Waals surface area contributed by atoms with Crippen molar-refractivity contribution < 1.29 is 4.74 Å². The predicted octanol–water partition coefficient (Wildman–Crippen LogP) is 4.35. The number of ether oxygens (including phenoxy) is 1. The molecule has 0 heterocycles. The van der Waals surface area contributed by atoms with Gasteiger partial charge in [0.2, 0.25) is 0 Å². The molecule has 1 aliphatic carbocycles. The van der Waals surface area contributed by atoms with E-state index in [0.29, 0.717) is 12.0 Å². The standard InChI is InChI=1S/C14H19ClOS/c15-13-5-3-4-12(8-13)9-16-10-14(11-17)6-1-2-7-14/h3-5,8,17H,1-2,6-7,9-11H2. The Morgan fingerprint density at radius 1 is 1.29 bits per heavy atom. The molecule has 0 bridgehead atoms. The van der Waals surface area contributed by atoms with E-state index in [-0.39, 0.29) is 0 Å². The summed E-state index contributed by atoms with van der Waals surface area (Å²) >= 11 is 10.4. The molecule has 0 aliphatic heterocycles. The largest absolute Gasteiger partial charge is 0.376 e. The van der Waals surface area contributed by atoms with E-state index in [4.69, 9.17) is 16.3 Å². The van der Waals surface area contributed by atoms with Crippen LogP contribution in [-0.2, 0) is 11.3 Å². The van der Waals surface area contributed by atoms with Gasteiger partial charge in [-0.2, -0.15) is 12.6 Å². The second-order valence-electron chi connectivity index (χ2n) is 4.99. The van der Waals surface area contributed by atoms with Crippen LogP contribution >= 0.6 is 24.2 Å². The summed E-state index contributed by atoms with van der Waals surface area (Å²) in [7, 11) is 0. The van der Waals surface area contributed by atoms with Crippen LogP contribution in [0, 0.1) is 5.41 Å². The van der Waals surface area contributed by atoms with E-state index in [1.54, 1.807) is 0 Å². The number of thiol groups is 1. The van der Waals surface area contributed by atoms with E-state index in [9.17, 15) is 0 Å². The number of benzene rings is 1. The third-order valence-corrected chi connectivity index (χ3v) is 4.47. The lowest BCUT2D eigenvalue weighted by atomic mass is 9.90. The molecule has 1 saturated carbocycles. The van der Waals surface area contributed by atoms with E-state index in [1.807, 2.05) is 24.3 Å². The van der Waals surface area contributed by atoms with Crippen LogP contribution in [0.15, 0.2) is 24.3 Å². The van der Waals surface area contributed by atoms with E-state index >= 15 is 0 Å². The molecule has 0 aromatic heterocycles. The summed E-state index contributed by atoms with van der Waals surface area (Å²) < 4.78 is 5.85. The van der Waals surface area contributed by atoms with Crippen LogP contribution in [0.1, 0.15) is 31.2 Å². The lowest BCUT2D eigenvalue weighted by Gasteiger charge is -2.26. The van der Waals surface area contributed by atoms with Crippen molar-refractivity contribution in [1.82, 2.24) is 0 Å². The summed E-state index contributed by atoms with van der Waals surface area (Å²) in [5.41, 5.74) is 1.46. The summed E-state index contributed by atoms with van der Waals surface area (Å²) in [6, 6.07) is 7.86. The Labute approximate surface area is 114 Å². The maximum atomic E-state index is 5.94. The van der Waals surface area contributed by atoms with Crippen molar-refractivity contribution in [2.45, 2.75) is 32.3 Å². The molecule has 17 heavy (non-hydrogen) atoms. The summed E-state index contributed by atoms with van der Waals surface area (Å²) in [5, 5.41) is 0.774. The average molecular weight is 271 g/mol. The molecule has 0 saturated heterocycles. The van der Waals surface area contributed by atoms with Gasteiger partial charge in [-0.15, -0.1) is 0 Å². The van der Waals surface area contributed by atoms with Crippen molar-refractivity contribution in [2.24, 2.45) is 5.41 Å². The molecule has 0 unspecified atom stereocenters. The van der Waals surface area contributed by atoms with Gasteiger partial charge in [0.25, 0.3) is 0 Å². The van der Waals surface area contributed by atoms with Gasteiger partial charge < -0.3 is 4.74 Å². The molecular weight excluding hydrogens is 252 g/mol. The Kier molecular flexibility index (Phi) is 4.78. The van der Waals surface area contributed by atoms with E-state index in [1.165, 1.54) is 25.7 Å². The minimum Gasteiger partial charge on any atom is -0.376 e. The predicted molar refractivity (Wildman–Crippen MR) is 75.9 cm³/mol. The lowest BCUT2D eigenvalue weighted by molar-refractivity contribution is 0.0483. The fraction of sp³-hybridized carbons (Fsp3) is 0.571. The minimum absolute atomic E-state index is 0.321. The molecule has 94 valence electrons. The van der Waals surface area contributed by atoms with Gasteiger partial charge in [0.1, 0.15) is 0 Å². The molecule has 1 aromatic carbocycles. The van der Waals surface area contributed by atoms with Gasteiger partial charge in [-0.1, -0.05) is 36.6 Å². The van der Waals surface area contributed by atoms with Crippen LogP contribution in [0.3, 0.4) is 0 Å². The van der Waals surface area contributed by atoms with Crippen molar-refractivity contribution >= 4 is 24.2 Å². The molecule has 0 spiro atoms. The van der Waals surface area contributed by atoms with E-state index in [2.05, 4.69) is 12.6 Å². The highest BCUT2D eigenvalue weighted by molar-refractivity contribution is 7.80. The fourth-order valence-electron chi connectivity index (χ4n) is 2.49. The molecule has 3 heteroatoms. The average Bonchev–Trinajstić information content (AvgIpc) is 2.79. The summed E-state index contributed by atoms with van der Waals surface area (Å²) in [4.78, 5) is 0. The number of hydrogen-bond acceptors (Lipinski definition) is 2. The zero-order chi connectivity index (χ0) is 12.1. The van der Waals surface area contributed by atoms with Gasteiger partial charge >= 0.3 is 0 Å². The zero-order valence-electron chi connectivity index (χ0n) is 9.99. The van der Waals surface area contributed by atoms with Crippen molar-refractivity contribution in [3.63, 3.8) is 0 Å². The van der Waals surface area contributed by atoms with Crippen LogP contribution in [0.25, 0.3) is 0 Å². The van der Waals surface area contributed by atoms with Crippen LogP contribution in [0.5, 0.6) is 0 Å². The van der Waals surface area contributed by atoms with Crippen molar-refractivity contribution in [2.75, 3.05) is 12.4 Å². The smallest absolute Gasteiger partial charge is 0.0717 e. The third kappa shape index (κ3) is 3.64. The highest BCUT2D eigenvalue weighted by Crippen LogP contribution is 2.39. The number of hydrogen-bond donors (Lipinski definition) is 1. The fourth-order valence-corrected chi connectivity index (χ4v) is 3.11. The first-order chi connectivity index (χ1) is 8.24. The highest BCUT2D eigenvalue weighted by atomic mass is 35.5. The van der Waals surface area contributed by atoms with Crippen molar-refractivity contribution in [3.8, 4) is 0 Å². The quantitative estimate of drug-likeness (QED) is 0.783. The third-order valence-electron chi connectivity index (χ3n) is 3.57. The SMILES string of the molecule is SCC1(COCc2cccc(Cl)c2)CCCC1. The van der Waals surface area contributed by atoms with Crippen LogP contribution < -0.4 is 0 Å². The van der Waals surface area contributed by atoms with Gasteiger partial charge in [0.15, 0.2) is 0 Å². The first-order valence-corrected chi connectivity index (χ1v) is 7.18. The van der Waals surface area contributed by atoms with Gasteiger partial charge in [-0.3, -0.25) is 0 Å². The molecule has 0 amide bonds. The van der Waals surface area contributed by atoms with Crippen LogP contribution in [0.2, 0.25) is 5.02 Å². The maximum absolute atomic E-state index is 5.94. The van der Waals surface area contributed by atoms with E-state index in [0.717, 1.165) is 22.9 Å². The second-order valence-corrected chi connectivity index (χ2v) is 5.74. The zero-order valence-corrected chi connectivity index (χ0v) is 11.6. The Morgan fingerprint density at radius 2 is 2.06 bits per heavy atom.